The quantitative estimate of drug-likeness (QED) is 0.736. The van der Waals surface area contributed by atoms with Gasteiger partial charge in [0.15, 0.2) is 0 Å². The highest BCUT2D eigenvalue weighted by Gasteiger charge is 2.14. The van der Waals surface area contributed by atoms with Gasteiger partial charge in [-0.05, 0) is 35.7 Å². The first-order valence-corrected chi connectivity index (χ1v) is 8.73. The zero-order chi connectivity index (χ0) is 17.4. The van der Waals surface area contributed by atoms with Crippen LogP contribution in [0.25, 0.3) is 0 Å². The molecule has 4 heteroatoms. The third-order valence-corrected chi connectivity index (χ3v) is 3.85. The summed E-state index contributed by atoms with van der Waals surface area (Å²) in [6.45, 7) is 7.00. The number of hydrogen-bond acceptors (Lipinski definition) is 3. The Bertz CT molecular complexity index is 586. The Kier molecular flexibility index (Phi) is 7.57. The summed E-state index contributed by atoms with van der Waals surface area (Å²) in [6.07, 6.45) is -0.539. The highest BCUT2D eigenvalue weighted by Crippen LogP contribution is 2.16. The molecule has 130 valence electrons. The Labute approximate surface area is 149 Å². The summed E-state index contributed by atoms with van der Waals surface area (Å²) in [6, 6.07) is 17.5. The number of aliphatic hydroxyl groups is 1. The van der Waals surface area contributed by atoms with Crippen molar-refractivity contribution < 1.29 is 9.84 Å². The maximum atomic E-state index is 10.3. The van der Waals surface area contributed by atoms with Crippen molar-refractivity contribution in [3.63, 3.8) is 0 Å². The van der Waals surface area contributed by atoms with Crippen LogP contribution in [0.2, 0.25) is 5.02 Å². The van der Waals surface area contributed by atoms with Crippen molar-refractivity contribution in [2.75, 3.05) is 19.7 Å². The largest absolute Gasteiger partial charge is 0.491 e. The van der Waals surface area contributed by atoms with Crippen molar-refractivity contribution in [2.45, 2.75) is 26.5 Å². The molecule has 0 aliphatic carbocycles. The highest BCUT2D eigenvalue weighted by atomic mass is 35.5. The molecule has 0 unspecified atom stereocenters. The van der Waals surface area contributed by atoms with Gasteiger partial charge in [-0.25, -0.2) is 0 Å². The number of rotatable bonds is 9. The van der Waals surface area contributed by atoms with Crippen LogP contribution in [0.4, 0.5) is 0 Å². The van der Waals surface area contributed by atoms with Crippen LogP contribution in [-0.2, 0) is 6.54 Å². The van der Waals surface area contributed by atoms with Crippen molar-refractivity contribution in [3.05, 3.63) is 65.2 Å². The molecule has 0 aliphatic heterocycles. The Morgan fingerprint density at radius 1 is 1.00 bits per heavy atom. The first-order chi connectivity index (χ1) is 11.5. The normalized spacial score (nSPS) is 12.6. The Balaban J connectivity index is 1.86. The van der Waals surface area contributed by atoms with Gasteiger partial charge in [0.1, 0.15) is 18.5 Å². The van der Waals surface area contributed by atoms with Crippen molar-refractivity contribution in [2.24, 2.45) is 5.92 Å². The van der Waals surface area contributed by atoms with E-state index in [9.17, 15) is 5.11 Å². The zero-order valence-corrected chi connectivity index (χ0v) is 15.1. The Hall–Kier alpha value is -1.55. The van der Waals surface area contributed by atoms with E-state index in [-0.39, 0.29) is 6.61 Å². The average Bonchev–Trinajstić information content (AvgIpc) is 2.54. The summed E-state index contributed by atoms with van der Waals surface area (Å²) in [5.41, 5.74) is 1.25. The fraction of sp³-hybridized carbons (Fsp3) is 0.400. The van der Waals surface area contributed by atoms with E-state index in [0.717, 1.165) is 18.8 Å². The van der Waals surface area contributed by atoms with Crippen LogP contribution in [0, 0.1) is 5.92 Å². The lowest BCUT2D eigenvalue weighted by atomic mass is 10.1. The maximum absolute atomic E-state index is 10.3. The lowest BCUT2D eigenvalue weighted by Gasteiger charge is -2.27. The monoisotopic (exact) mass is 347 g/mol. The van der Waals surface area contributed by atoms with E-state index >= 15 is 0 Å². The zero-order valence-electron chi connectivity index (χ0n) is 14.4. The highest BCUT2D eigenvalue weighted by molar-refractivity contribution is 6.30. The Morgan fingerprint density at radius 2 is 1.67 bits per heavy atom. The van der Waals surface area contributed by atoms with Crippen LogP contribution in [0.3, 0.4) is 0 Å². The topological polar surface area (TPSA) is 32.7 Å². The van der Waals surface area contributed by atoms with Gasteiger partial charge in [0, 0.05) is 24.7 Å². The summed E-state index contributed by atoms with van der Waals surface area (Å²) in [5, 5.41) is 11.0. The molecule has 1 atom stereocenters. The van der Waals surface area contributed by atoms with Gasteiger partial charge in [-0.2, -0.15) is 0 Å². The smallest absolute Gasteiger partial charge is 0.119 e. The summed E-state index contributed by atoms with van der Waals surface area (Å²) in [7, 11) is 0. The van der Waals surface area contributed by atoms with Crippen molar-refractivity contribution >= 4 is 11.6 Å². The first kappa shape index (κ1) is 18.8. The molecule has 2 aromatic rings. The summed E-state index contributed by atoms with van der Waals surface area (Å²) in [4.78, 5) is 2.27. The van der Waals surface area contributed by atoms with E-state index in [4.69, 9.17) is 16.3 Å². The van der Waals surface area contributed by atoms with Gasteiger partial charge in [0.25, 0.3) is 0 Å². The van der Waals surface area contributed by atoms with Gasteiger partial charge >= 0.3 is 0 Å². The molecule has 0 bridgehead atoms. The Morgan fingerprint density at radius 3 is 2.29 bits per heavy atom. The summed E-state index contributed by atoms with van der Waals surface area (Å²) < 4.78 is 5.64. The van der Waals surface area contributed by atoms with Crippen molar-refractivity contribution in [1.82, 2.24) is 4.90 Å². The standard InChI is InChI=1S/C20H26ClNO2/c1-16(2)12-22(13-17-6-4-3-5-7-17)14-19(23)15-24-20-10-8-18(21)9-11-20/h3-11,16,19,23H,12-15H2,1-2H3/t19-/m0/s1. The lowest BCUT2D eigenvalue weighted by Crippen LogP contribution is -2.37. The molecule has 0 radical (unpaired) electrons. The molecule has 0 heterocycles. The third kappa shape index (κ3) is 6.91. The molecule has 0 aliphatic rings. The van der Waals surface area contributed by atoms with Gasteiger partial charge < -0.3 is 9.84 Å². The number of ether oxygens (including phenoxy) is 1. The molecule has 3 nitrogen and oxygen atoms in total. The van der Waals surface area contributed by atoms with Crippen LogP contribution >= 0.6 is 11.6 Å². The van der Waals surface area contributed by atoms with Crippen LogP contribution < -0.4 is 4.74 Å². The van der Waals surface area contributed by atoms with E-state index in [2.05, 4.69) is 30.9 Å². The first-order valence-electron chi connectivity index (χ1n) is 8.35. The van der Waals surface area contributed by atoms with Crippen molar-refractivity contribution in [3.8, 4) is 5.75 Å². The fourth-order valence-corrected chi connectivity index (χ4v) is 2.76. The second-order valence-electron chi connectivity index (χ2n) is 6.49. The predicted molar refractivity (Wildman–Crippen MR) is 99.5 cm³/mol. The molecule has 0 aromatic heterocycles. The molecular formula is C20H26ClNO2. The molecule has 0 saturated heterocycles. The minimum absolute atomic E-state index is 0.269. The van der Waals surface area contributed by atoms with E-state index < -0.39 is 6.10 Å². The molecular weight excluding hydrogens is 322 g/mol. The van der Waals surface area contributed by atoms with Gasteiger partial charge in [0.05, 0.1) is 0 Å². The van der Waals surface area contributed by atoms with Gasteiger partial charge in [-0.3, -0.25) is 4.90 Å². The number of hydrogen-bond donors (Lipinski definition) is 1. The molecule has 0 saturated carbocycles. The third-order valence-electron chi connectivity index (χ3n) is 3.60. The lowest BCUT2D eigenvalue weighted by molar-refractivity contribution is 0.0615. The molecule has 0 fully saturated rings. The fourth-order valence-electron chi connectivity index (χ4n) is 2.64. The molecule has 2 rings (SSSR count). The van der Waals surface area contributed by atoms with E-state index in [1.807, 2.05) is 30.3 Å². The van der Waals surface area contributed by atoms with Crippen LogP contribution in [0.5, 0.6) is 5.75 Å². The summed E-state index contributed by atoms with van der Waals surface area (Å²) in [5.74, 6) is 1.26. The van der Waals surface area contributed by atoms with E-state index in [1.165, 1.54) is 5.56 Å². The molecule has 1 N–H and O–H groups in total. The molecule has 2 aromatic carbocycles. The molecule has 24 heavy (non-hydrogen) atoms. The predicted octanol–water partition coefficient (Wildman–Crippen LogP) is 4.24. The van der Waals surface area contributed by atoms with E-state index in [1.54, 1.807) is 12.1 Å². The number of nitrogens with zero attached hydrogens (tertiary/aromatic N) is 1. The van der Waals surface area contributed by atoms with Crippen LogP contribution in [0.15, 0.2) is 54.6 Å². The maximum Gasteiger partial charge on any atom is 0.119 e. The minimum Gasteiger partial charge on any atom is -0.491 e. The van der Waals surface area contributed by atoms with Gasteiger partial charge in [0.2, 0.25) is 0 Å². The number of benzene rings is 2. The van der Waals surface area contributed by atoms with Gasteiger partial charge in [-0.15, -0.1) is 0 Å². The van der Waals surface area contributed by atoms with Crippen LogP contribution in [0.1, 0.15) is 19.4 Å². The minimum atomic E-state index is -0.539. The van der Waals surface area contributed by atoms with Crippen molar-refractivity contribution in [1.29, 1.82) is 0 Å². The second-order valence-corrected chi connectivity index (χ2v) is 6.93. The molecule has 0 spiro atoms. The molecule has 0 amide bonds. The average molecular weight is 348 g/mol. The number of aliphatic hydroxyl groups excluding tert-OH is 1. The second kappa shape index (κ2) is 9.67. The number of halogens is 1. The SMILES string of the molecule is CC(C)CN(Cc1ccccc1)C[C@H](O)COc1ccc(Cl)cc1. The van der Waals surface area contributed by atoms with Gasteiger partial charge in [-0.1, -0.05) is 55.8 Å². The summed E-state index contributed by atoms with van der Waals surface area (Å²) >= 11 is 5.86. The van der Waals surface area contributed by atoms with E-state index in [0.29, 0.717) is 17.5 Å². The van der Waals surface area contributed by atoms with Crippen LogP contribution in [-0.4, -0.2) is 35.8 Å².